The SMILES string of the molecule is CCCC(=O)Oc1c(C(C)C)cc(C=CC(C)=C2SC(=S)NC2=O)cc1C(C)C. The minimum atomic E-state index is -0.194. The summed E-state index contributed by atoms with van der Waals surface area (Å²) in [6.07, 6.45) is 5.09. The minimum absolute atomic E-state index is 0.147. The zero-order valence-electron chi connectivity index (χ0n) is 17.9. The van der Waals surface area contributed by atoms with Gasteiger partial charge in [-0.1, -0.05) is 70.8 Å². The Kier molecular flexibility index (Phi) is 8.23. The highest BCUT2D eigenvalue weighted by Crippen LogP contribution is 2.37. The lowest BCUT2D eigenvalue weighted by Crippen LogP contribution is -2.18. The van der Waals surface area contributed by atoms with Gasteiger partial charge in [-0.15, -0.1) is 0 Å². The van der Waals surface area contributed by atoms with E-state index in [1.165, 1.54) is 11.8 Å². The Labute approximate surface area is 183 Å². The van der Waals surface area contributed by atoms with Crippen LogP contribution in [0.15, 0.2) is 28.7 Å². The van der Waals surface area contributed by atoms with Crippen molar-refractivity contribution in [2.24, 2.45) is 0 Å². The molecular formula is C23H29NO3S2. The van der Waals surface area contributed by atoms with Gasteiger partial charge < -0.3 is 10.1 Å². The van der Waals surface area contributed by atoms with Crippen LogP contribution in [0, 0.1) is 0 Å². The Morgan fingerprint density at radius 1 is 1.21 bits per heavy atom. The standard InChI is InChI=1S/C23H29NO3S2/c1-7-8-19(25)27-20-17(13(2)3)11-16(12-18(20)14(4)5)10-9-15(6)21-22(26)24-23(28)29-21/h9-14H,7-8H2,1-6H3,(H,24,26,28). The number of nitrogens with one attached hydrogen (secondary N) is 1. The van der Waals surface area contributed by atoms with Gasteiger partial charge in [0.25, 0.3) is 5.91 Å². The van der Waals surface area contributed by atoms with E-state index in [2.05, 4.69) is 45.1 Å². The zero-order chi connectivity index (χ0) is 21.7. The van der Waals surface area contributed by atoms with Gasteiger partial charge in [-0.3, -0.25) is 9.59 Å². The van der Waals surface area contributed by atoms with Gasteiger partial charge >= 0.3 is 5.97 Å². The van der Waals surface area contributed by atoms with Crippen LogP contribution in [-0.4, -0.2) is 16.2 Å². The van der Waals surface area contributed by atoms with Crippen LogP contribution < -0.4 is 10.1 Å². The van der Waals surface area contributed by atoms with Gasteiger partial charge in [0, 0.05) is 6.42 Å². The van der Waals surface area contributed by atoms with E-state index in [1.54, 1.807) is 0 Å². The molecule has 4 nitrogen and oxygen atoms in total. The molecule has 0 unspecified atom stereocenters. The lowest BCUT2D eigenvalue weighted by atomic mass is 9.91. The maximum atomic E-state index is 12.2. The molecule has 0 aliphatic carbocycles. The second kappa shape index (κ2) is 10.2. The summed E-state index contributed by atoms with van der Waals surface area (Å²) in [4.78, 5) is 24.8. The number of carbonyl (C=O) groups is 2. The maximum absolute atomic E-state index is 12.2. The van der Waals surface area contributed by atoms with E-state index in [9.17, 15) is 9.59 Å². The van der Waals surface area contributed by atoms with Crippen molar-refractivity contribution in [3.05, 3.63) is 45.4 Å². The van der Waals surface area contributed by atoms with E-state index in [0.29, 0.717) is 21.4 Å². The van der Waals surface area contributed by atoms with Gasteiger partial charge in [0.15, 0.2) is 0 Å². The molecule has 1 N–H and O–H groups in total. The molecule has 1 aromatic rings. The summed E-state index contributed by atoms with van der Waals surface area (Å²) >= 11 is 6.35. The molecule has 1 heterocycles. The van der Waals surface area contributed by atoms with Gasteiger partial charge in [-0.05, 0) is 59.6 Å². The number of benzene rings is 1. The molecule has 0 saturated carbocycles. The summed E-state index contributed by atoms with van der Waals surface area (Å²) in [5, 5.41) is 2.65. The number of amides is 1. The zero-order valence-corrected chi connectivity index (χ0v) is 19.6. The fourth-order valence-corrected chi connectivity index (χ4v) is 4.05. The van der Waals surface area contributed by atoms with Crippen LogP contribution in [0.4, 0.5) is 0 Å². The lowest BCUT2D eigenvalue weighted by molar-refractivity contribution is -0.134. The second-order valence-electron chi connectivity index (χ2n) is 7.75. The van der Waals surface area contributed by atoms with Crippen LogP contribution in [0.2, 0.25) is 0 Å². The molecule has 1 amide bonds. The number of hydrogen-bond acceptors (Lipinski definition) is 5. The van der Waals surface area contributed by atoms with Crippen molar-refractivity contribution in [3.8, 4) is 5.75 Å². The van der Waals surface area contributed by atoms with Gasteiger partial charge in [0.05, 0.1) is 4.91 Å². The third kappa shape index (κ3) is 6.03. The quantitative estimate of drug-likeness (QED) is 0.246. The lowest BCUT2D eigenvalue weighted by Gasteiger charge is -2.20. The number of thioether (sulfide) groups is 1. The van der Waals surface area contributed by atoms with Crippen molar-refractivity contribution >= 4 is 46.3 Å². The number of rotatable bonds is 7. The molecule has 0 bridgehead atoms. The highest BCUT2D eigenvalue weighted by Gasteiger charge is 2.24. The van der Waals surface area contributed by atoms with Crippen LogP contribution in [0.25, 0.3) is 6.08 Å². The number of thiocarbonyl (C=S) groups is 1. The monoisotopic (exact) mass is 431 g/mol. The molecule has 0 spiro atoms. The molecule has 1 saturated heterocycles. The third-order valence-electron chi connectivity index (χ3n) is 4.58. The summed E-state index contributed by atoms with van der Waals surface area (Å²) in [7, 11) is 0. The first-order valence-corrected chi connectivity index (χ1v) is 11.2. The Morgan fingerprint density at radius 2 is 1.79 bits per heavy atom. The van der Waals surface area contributed by atoms with Crippen molar-refractivity contribution in [3.63, 3.8) is 0 Å². The third-order valence-corrected chi connectivity index (χ3v) is 5.93. The topological polar surface area (TPSA) is 55.4 Å². The first-order valence-electron chi connectivity index (χ1n) is 9.94. The predicted octanol–water partition coefficient (Wildman–Crippen LogP) is 6.07. The highest BCUT2D eigenvalue weighted by molar-refractivity contribution is 8.26. The van der Waals surface area contributed by atoms with Gasteiger partial charge in [0.1, 0.15) is 10.1 Å². The summed E-state index contributed by atoms with van der Waals surface area (Å²) in [5.74, 6) is 0.764. The van der Waals surface area contributed by atoms with Crippen LogP contribution in [0.1, 0.15) is 82.9 Å². The summed E-state index contributed by atoms with van der Waals surface area (Å²) in [5.41, 5.74) is 3.90. The Hall–Kier alpha value is -1.92. The van der Waals surface area contributed by atoms with E-state index < -0.39 is 0 Å². The van der Waals surface area contributed by atoms with E-state index >= 15 is 0 Å². The first-order chi connectivity index (χ1) is 13.6. The molecule has 156 valence electrons. The maximum Gasteiger partial charge on any atom is 0.311 e. The fraction of sp³-hybridized carbons (Fsp3) is 0.435. The average molecular weight is 432 g/mol. The molecule has 1 fully saturated rings. The average Bonchev–Trinajstić information content (AvgIpc) is 2.98. The normalized spacial score (nSPS) is 16.1. The smallest absolute Gasteiger partial charge is 0.311 e. The van der Waals surface area contributed by atoms with Gasteiger partial charge in [-0.2, -0.15) is 0 Å². The Balaban J connectivity index is 2.46. The molecule has 1 aliphatic rings. The second-order valence-corrected chi connectivity index (χ2v) is 9.44. The molecule has 0 atom stereocenters. The molecule has 6 heteroatoms. The first kappa shape index (κ1) is 23.4. The number of ether oxygens (including phenoxy) is 1. The van der Waals surface area contributed by atoms with Crippen molar-refractivity contribution in [2.45, 2.75) is 66.2 Å². The van der Waals surface area contributed by atoms with Crippen molar-refractivity contribution < 1.29 is 14.3 Å². The Morgan fingerprint density at radius 3 is 2.24 bits per heavy atom. The molecule has 2 rings (SSSR count). The van der Waals surface area contributed by atoms with Crippen molar-refractivity contribution in [2.75, 3.05) is 0 Å². The van der Waals surface area contributed by atoms with E-state index in [4.69, 9.17) is 17.0 Å². The number of allylic oxidation sites excluding steroid dienone is 2. The number of hydrogen-bond donors (Lipinski definition) is 1. The van der Waals surface area contributed by atoms with E-state index in [0.717, 1.165) is 28.7 Å². The van der Waals surface area contributed by atoms with Crippen LogP contribution in [0.3, 0.4) is 0 Å². The molecule has 1 aliphatic heterocycles. The van der Waals surface area contributed by atoms with Crippen molar-refractivity contribution in [1.82, 2.24) is 5.32 Å². The van der Waals surface area contributed by atoms with E-state index in [-0.39, 0.29) is 23.7 Å². The van der Waals surface area contributed by atoms with Gasteiger partial charge in [0.2, 0.25) is 0 Å². The predicted molar refractivity (Wildman–Crippen MR) is 125 cm³/mol. The highest BCUT2D eigenvalue weighted by atomic mass is 32.2. The van der Waals surface area contributed by atoms with Crippen LogP contribution >= 0.6 is 24.0 Å². The van der Waals surface area contributed by atoms with Crippen LogP contribution in [0.5, 0.6) is 5.75 Å². The number of esters is 1. The van der Waals surface area contributed by atoms with Crippen LogP contribution in [-0.2, 0) is 9.59 Å². The molecule has 0 radical (unpaired) electrons. The molecule has 1 aromatic carbocycles. The molecule has 0 aromatic heterocycles. The summed E-state index contributed by atoms with van der Waals surface area (Å²) in [6, 6.07) is 4.12. The number of carbonyl (C=O) groups excluding carboxylic acids is 2. The minimum Gasteiger partial charge on any atom is -0.426 e. The largest absolute Gasteiger partial charge is 0.426 e. The van der Waals surface area contributed by atoms with E-state index in [1.807, 2.05) is 26.0 Å². The molecule has 29 heavy (non-hydrogen) atoms. The van der Waals surface area contributed by atoms with Crippen molar-refractivity contribution in [1.29, 1.82) is 0 Å². The summed E-state index contributed by atoms with van der Waals surface area (Å²) in [6.45, 7) is 12.2. The fourth-order valence-electron chi connectivity index (χ4n) is 3.01. The Bertz CT molecular complexity index is 853. The van der Waals surface area contributed by atoms with Gasteiger partial charge in [-0.25, -0.2) is 0 Å². The molecular weight excluding hydrogens is 402 g/mol. The summed E-state index contributed by atoms with van der Waals surface area (Å²) < 4.78 is 6.27.